The molecule has 0 spiro atoms. The number of aryl methyl sites for hydroxylation is 1. The molecule has 1 aromatic carbocycles. The zero-order valence-electron chi connectivity index (χ0n) is 10.1. The standard InChI is InChI=1S/C14H19NO2/c1-10-4-2-3-5-11(10)12-6-8-15-9-7-13(12)14(16)17/h2-5,12-13,15H,6-9H2,1H3,(H,16,17). The number of carboxylic acid groups (broad SMARTS) is 1. The molecule has 2 rings (SSSR count). The Morgan fingerprint density at radius 1 is 1.29 bits per heavy atom. The first-order chi connectivity index (χ1) is 8.20. The van der Waals surface area contributed by atoms with E-state index in [4.69, 9.17) is 0 Å². The van der Waals surface area contributed by atoms with Gasteiger partial charge in [0.05, 0.1) is 5.92 Å². The number of carboxylic acids is 1. The summed E-state index contributed by atoms with van der Waals surface area (Å²) in [6.45, 7) is 3.77. The molecule has 1 fully saturated rings. The highest BCUT2D eigenvalue weighted by atomic mass is 16.4. The molecule has 0 radical (unpaired) electrons. The van der Waals surface area contributed by atoms with Crippen LogP contribution in [0.1, 0.15) is 29.9 Å². The summed E-state index contributed by atoms with van der Waals surface area (Å²) in [5.41, 5.74) is 2.40. The molecule has 1 heterocycles. The molecule has 2 N–H and O–H groups in total. The Kier molecular flexibility index (Phi) is 3.79. The van der Waals surface area contributed by atoms with E-state index in [9.17, 15) is 9.90 Å². The van der Waals surface area contributed by atoms with Crippen molar-refractivity contribution < 1.29 is 9.90 Å². The van der Waals surface area contributed by atoms with E-state index in [0.29, 0.717) is 6.42 Å². The summed E-state index contributed by atoms with van der Waals surface area (Å²) in [5, 5.41) is 12.6. The molecule has 0 aromatic heterocycles. The average molecular weight is 233 g/mol. The van der Waals surface area contributed by atoms with Crippen LogP contribution in [-0.2, 0) is 4.79 Å². The summed E-state index contributed by atoms with van der Waals surface area (Å²) < 4.78 is 0. The molecule has 3 nitrogen and oxygen atoms in total. The average Bonchev–Trinajstić information content (AvgIpc) is 2.55. The lowest BCUT2D eigenvalue weighted by atomic mass is 9.81. The van der Waals surface area contributed by atoms with Gasteiger partial charge in [-0.05, 0) is 49.9 Å². The highest BCUT2D eigenvalue weighted by Gasteiger charge is 2.31. The normalized spacial score (nSPS) is 25.2. The van der Waals surface area contributed by atoms with E-state index in [-0.39, 0.29) is 11.8 Å². The summed E-state index contributed by atoms with van der Waals surface area (Å²) in [6.07, 6.45) is 1.62. The molecule has 1 saturated heterocycles. The lowest BCUT2D eigenvalue weighted by molar-refractivity contribution is -0.142. The third-order valence-electron chi connectivity index (χ3n) is 3.66. The second-order valence-corrected chi connectivity index (χ2v) is 4.74. The van der Waals surface area contributed by atoms with Crippen molar-refractivity contribution in [1.82, 2.24) is 5.32 Å². The maximum atomic E-state index is 11.4. The molecule has 2 unspecified atom stereocenters. The zero-order chi connectivity index (χ0) is 12.3. The van der Waals surface area contributed by atoms with Crippen LogP contribution in [-0.4, -0.2) is 24.2 Å². The maximum absolute atomic E-state index is 11.4. The summed E-state index contributed by atoms with van der Waals surface area (Å²) in [7, 11) is 0. The lowest BCUT2D eigenvalue weighted by Gasteiger charge is -2.23. The van der Waals surface area contributed by atoms with Crippen molar-refractivity contribution >= 4 is 5.97 Å². The zero-order valence-corrected chi connectivity index (χ0v) is 10.1. The second-order valence-electron chi connectivity index (χ2n) is 4.74. The van der Waals surface area contributed by atoms with Gasteiger partial charge in [-0.3, -0.25) is 4.79 Å². The highest BCUT2D eigenvalue weighted by Crippen LogP contribution is 2.33. The van der Waals surface area contributed by atoms with Crippen LogP contribution < -0.4 is 5.32 Å². The minimum Gasteiger partial charge on any atom is -0.481 e. The van der Waals surface area contributed by atoms with Gasteiger partial charge in [-0.1, -0.05) is 24.3 Å². The molecule has 0 aliphatic carbocycles. The van der Waals surface area contributed by atoms with Crippen molar-refractivity contribution in [3.8, 4) is 0 Å². The molecule has 1 aromatic rings. The Balaban J connectivity index is 2.32. The van der Waals surface area contributed by atoms with E-state index in [2.05, 4.69) is 24.4 Å². The molecule has 1 aliphatic heterocycles. The molecule has 0 bridgehead atoms. The Hall–Kier alpha value is -1.35. The van der Waals surface area contributed by atoms with Gasteiger partial charge in [0.25, 0.3) is 0 Å². The minimum absolute atomic E-state index is 0.142. The van der Waals surface area contributed by atoms with Crippen molar-refractivity contribution in [1.29, 1.82) is 0 Å². The monoisotopic (exact) mass is 233 g/mol. The van der Waals surface area contributed by atoms with Gasteiger partial charge < -0.3 is 10.4 Å². The van der Waals surface area contributed by atoms with Crippen LogP contribution in [0.2, 0.25) is 0 Å². The van der Waals surface area contributed by atoms with Crippen molar-refractivity contribution in [3.05, 3.63) is 35.4 Å². The highest BCUT2D eigenvalue weighted by molar-refractivity contribution is 5.71. The topological polar surface area (TPSA) is 49.3 Å². The van der Waals surface area contributed by atoms with Crippen LogP contribution in [0, 0.1) is 12.8 Å². The summed E-state index contributed by atoms with van der Waals surface area (Å²) in [6, 6.07) is 8.14. The van der Waals surface area contributed by atoms with Crippen molar-refractivity contribution in [2.24, 2.45) is 5.92 Å². The largest absolute Gasteiger partial charge is 0.481 e. The molecular weight excluding hydrogens is 214 g/mol. The third kappa shape index (κ3) is 2.67. The van der Waals surface area contributed by atoms with Crippen LogP contribution in [0.15, 0.2) is 24.3 Å². The van der Waals surface area contributed by atoms with Gasteiger partial charge in [0.1, 0.15) is 0 Å². The fourth-order valence-electron chi connectivity index (χ4n) is 2.71. The Morgan fingerprint density at radius 3 is 2.71 bits per heavy atom. The number of benzene rings is 1. The molecule has 0 saturated carbocycles. The van der Waals surface area contributed by atoms with Crippen LogP contribution in [0.5, 0.6) is 0 Å². The van der Waals surface area contributed by atoms with Gasteiger partial charge in [-0.15, -0.1) is 0 Å². The number of hydrogen-bond donors (Lipinski definition) is 2. The number of hydrogen-bond acceptors (Lipinski definition) is 2. The van der Waals surface area contributed by atoms with E-state index < -0.39 is 5.97 Å². The van der Waals surface area contributed by atoms with E-state index in [1.165, 1.54) is 11.1 Å². The van der Waals surface area contributed by atoms with Gasteiger partial charge in [-0.2, -0.15) is 0 Å². The van der Waals surface area contributed by atoms with E-state index >= 15 is 0 Å². The van der Waals surface area contributed by atoms with Crippen LogP contribution in [0.4, 0.5) is 0 Å². The molecular formula is C14H19NO2. The van der Waals surface area contributed by atoms with Gasteiger partial charge in [-0.25, -0.2) is 0 Å². The third-order valence-corrected chi connectivity index (χ3v) is 3.66. The predicted octanol–water partition coefficient (Wildman–Crippen LogP) is 2.16. The number of carbonyl (C=O) groups is 1. The van der Waals surface area contributed by atoms with Gasteiger partial charge >= 0.3 is 5.97 Å². The Bertz CT molecular complexity index is 403. The van der Waals surface area contributed by atoms with Crippen LogP contribution in [0.25, 0.3) is 0 Å². The fourth-order valence-corrected chi connectivity index (χ4v) is 2.71. The van der Waals surface area contributed by atoms with Gasteiger partial charge in [0.2, 0.25) is 0 Å². The number of aliphatic carboxylic acids is 1. The minimum atomic E-state index is -0.665. The van der Waals surface area contributed by atoms with Crippen molar-refractivity contribution in [2.75, 3.05) is 13.1 Å². The van der Waals surface area contributed by atoms with Crippen molar-refractivity contribution in [2.45, 2.75) is 25.7 Å². The molecule has 17 heavy (non-hydrogen) atoms. The Morgan fingerprint density at radius 2 is 2.00 bits per heavy atom. The van der Waals surface area contributed by atoms with Crippen molar-refractivity contribution in [3.63, 3.8) is 0 Å². The predicted molar refractivity (Wildman–Crippen MR) is 67.1 cm³/mol. The summed E-state index contributed by atoms with van der Waals surface area (Å²) >= 11 is 0. The molecule has 2 atom stereocenters. The van der Waals surface area contributed by atoms with Gasteiger partial charge in [0, 0.05) is 0 Å². The smallest absolute Gasteiger partial charge is 0.307 e. The quantitative estimate of drug-likeness (QED) is 0.823. The first-order valence-electron chi connectivity index (χ1n) is 6.19. The number of nitrogens with one attached hydrogen (secondary N) is 1. The molecule has 1 aliphatic rings. The number of rotatable bonds is 2. The molecule has 3 heteroatoms. The molecule has 92 valence electrons. The summed E-state index contributed by atoms with van der Waals surface area (Å²) in [4.78, 5) is 11.4. The van der Waals surface area contributed by atoms with Crippen LogP contribution in [0.3, 0.4) is 0 Å². The second kappa shape index (κ2) is 5.32. The summed E-state index contributed by atoms with van der Waals surface area (Å²) in [5.74, 6) is -0.781. The fraction of sp³-hybridized carbons (Fsp3) is 0.500. The lowest BCUT2D eigenvalue weighted by Crippen LogP contribution is -2.22. The van der Waals surface area contributed by atoms with Crippen LogP contribution >= 0.6 is 0 Å². The SMILES string of the molecule is Cc1ccccc1C1CCNCCC1C(=O)O. The van der Waals surface area contributed by atoms with Gasteiger partial charge in [0.15, 0.2) is 0 Å². The van der Waals surface area contributed by atoms with E-state index in [0.717, 1.165) is 19.5 Å². The first kappa shape index (κ1) is 12.1. The maximum Gasteiger partial charge on any atom is 0.307 e. The first-order valence-corrected chi connectivity index (χ1v) is 6.19. The molecule has 0 amide bonds. The Labute approximate surface area is 102 Å². The van der Waals surface area contributed by atoms with E-state index in [1.54, 1.807) is 0 Å². The van der Waals surface area contributed by atoms with E-state index in [1.807, 2.05) is 12.1 Å².